The Bertz CT molecular complexity index is 1220. The zero-order valence-corrected chi connectivity index (χ0v) is 21.0. The number of carbonyl (C=O) groups excluding carboxylic acids is 2. The van der Waals surface area contributed by atoms with Gasteiger partial charge in [0.2, 0.25) is 21.8 Å². The number of sulfonamides is 1. The fourth-order valence-corrected chi connectivity index (χ4v) is 4.54. The largest absolute Gasteiger partial charge is 0.395 e. The Hall–Kier alpha value is -3.53. The van der Waals surface area contributed by atoms with Gasteiger partial charge in [-0.1, -0.05) is 91.0 Å². The van der Waals surface area contributed by atoms with Crippen LogP contribution >= 0.6 is 0 Å². The summed E-state index contributed by atoms with van der Waals surface area (Å²) in [7, 11) is -3.74. The van der Waals surface area contributed by atoms with Crippen LogP contribution in [-0.4, -0.2) is 60.5 Å². The van der Waals surface area contributed by atoms with Crippen molar-refractivity contribution < 1.29 is 23.1 Å². The topological polar surface area (TPSA) is 107 Å². The molecule has 190 valence electrons. The van der Waals surface area contributed by atoms with Crippen molar-refractivity contribution >= 4 is 21.8 Å². The number of carbonyl (C=O) groups is 2. The smallest absolute Gasteiger partial charge is 0.247 e. The molecule has 0 saturated heterocycles. The van der Waals surface area contributed by atoms with E-state index in [0.29, 0.717) is 5.56 Å². The molecule has 3 rings (SSSR count). The van der Waals surface area contributed by atoms with Gasteiger partial charge in [-0.3, -0.25) is 9.59 Å². The highest BCUT2D eigenvalue weighted by Crippen LogP contribution is 2.24. The Morgan fingerprint density at radius 2 is 1.33 bits per heavy atom. The number of nitrogens with zero attached hydrogens (tertiary/aromatic N) is 2. The zero-order valence-electron chi connectivity index (χ0n) is 20.2. The molecular formula is C27H31N3O5S. The minimum atomic E-state index is -3.74. The van der Waals surface area contributed by atoms with Crippen LogP contribution in [0.25, 0.3) is 0 Å². The molecule has 0 saturated carbocycles. The van der Waals surface area contributed by atoms with Crippen molar-refractivity contribution in [2.45, 2.75) is 19.1 Å². The van der Waals surface area contributed by atoms with Gasteiger partial charge in [-0.05, 0) is 16.7 Å². The van der Waals surface area contributed by atoms with Crippen molar-refractivity contribution in [3.8, 4) is 0 Å². The summed E-state index contributed by atoms with van der Waals surface area (Å²) in [6.45, 7) is -0.541. The summed E-state index contributed by atoms with van der Waals surface area (Å²) < 4.78 is 26.3. The third kappa shape index (κ3) is 7.74. The molecule has 8 nitrogen and oxygen atoms in total. The number of hydrogen-bond donors (Lipinski definition) is 2. The monoisotopic (exact) mass is 509 g/mol. The second kappa shape index (κ2) is 13.0. The molecule has 0 heterocycles. The maximum absolute atomic E-state index is 13.8. The first-order valence-electron chi connectivity index (χ1n) is 11.6. The molecule has 0 fully saturated rings. The Labute approximate surface area is 212 Å². The van der Waals surface area contributed by atoms with E-state index in [1.807, 2.05) is 36.4 Å². The van der Waals surface area contributed by atoms with Crippen LogP contribution < -0.4 is 5.32 Å². The summed E-state index contributed by atoms with van der Waals surface area (Å²) in [5.74, 6) is -0.985. The summed E-state index contributed by atoms with van der Waals surface area (Å²) in [6, 6.07) is 26.0. The van der Waals surface area contributed by atoms with Gasteiger partial charge in [0.1, 0.15) is 6.04 Å². The van der Waals surface area contributed by atoms with Crippen molar-refractivity contribution in [1.82, 2.24) is 14.5 Å². The van der Waals surface area contributed by atoms with Gasteiger partial charge in [0.25, 0.3) is 0 Å². The molecule has 0 unspecified atom stereocenters. The van der Waals surface area contributed by atoms with Crippen LogP contribution in [0.4, 0.5) is 0 Å². The normalized spacial score (nSPS) is 12.2. The summed E-state index contributed by atoms with van der Waals surface area (Å²) in [5.41, 5.74) is 2.10. The average molecular weight is 510 g/mol. The van der Waals surface area contributed by atoms with Gasteiger partial charge in [0.15, 0.2) is 0 Å². The molecule has 3 aromatic carbocycles. The van der Waals surface area contributed by atoms with Crippen molar-refractivity contribution in [2.24, 2.45) is 0 Å². The number of nitrogens with one attached hydrogen (secondary N) is 1. The van der Waals surface area contributed by atoms with E-state index >= 15 is 0 Å². The lowest BCUT2D eigenvalue weighted by molar-refractivity contribution is -0.141. The fraction of sp³-hybridized carbons (Fsp3) is 0.259. The van der Waals surface area contributed by atoms with Crippen LogP contribution in [0.3, 0.4) is 0 Å². The Kier molecular flexibility index (Phi) is 9.75. The van der Waals surface area contributed by atoms with E-state index in [-0.39, 0.29) is 26.2 Å². The standard InChI is InChI=1S/C27H31N3O5S/c1-36(34,35)29(19-22-11-5-2-6-12-22)21-25(32)30(20-23-13-7-3-8-14-23)26(27(33)28-17-18-31)24-15-9-4-10-16-24/h2-16,26,31H,17-21H2,1H3,(H,28,33)/t26-/m0/s1. The van der Waals surface area contributed by atoms with Gasteiger partial charge in [-0.2, -0.15) is 4.31 Å². The van der Waals surface area contributed by atoms with E-state index in [2.05, 4.69) is 5.32 Å². The van der Waals surface area contributed by atoms with Crippen LogP contribution in [0, 0.1) is 0 Å². The van der Waals surface area contributed by atoms with Crippen LogP contribution in [-0.2, 0) is 32.7 Å². The number of rotatable bonds is 12. The number of hydrogen-bond acceptors (Lipinski definition) is 5. The molecule has 0 spiro atoms. The first-order valence-corrected chi connectivity index (χ1v) is 13.4. The Morgan fingerprint density at radius 1 is 0.833 bits per heavy atom. The first kappa shape index (κ1) is 27.1. The summed E-state index contributed by atoms with van der Waals surface area (Å²) in [5, 5.41) is 11.9. The van der Waals surface area contributed by atoms with E-state index in [1.165, 1.54) is 4.90 Å². The van der Waals surface area contributed by atoms with E-state index in [4.69, 9.17) is 0 Å². The third-order valence-electron chi connectivity index (χ3n) is 5.58. The number of aliphatic hydroxyl groups is 1. The van der Waals surface area contributed by atoms with Crippen molar-refractivity contribution in [1.29, 1.82) is 0 Å². The molecule has 36 heavy (non-hydrogen) atoms. The zero-order chi connectivity index (χ0) is 26.0. The van der Waals surface area contributed by atoms with Crippen LogP contribution in [0.1, 0.15) is 22.7 Å². The number of aliphatic hydroxyl groups excluding tert-OH is 1. The highest BCUT2D eigenvalue weighted by molar-refractivity contribution is 7.88. The van der Waals surface area contributed by atoms with Crippen LogP contribution in [0.2, 0.25) is 0 Å². The molecule has 9 heteroatoms. The number of benzene rings is 3. The molecular weight excluding hydrogens is 478 g/mol. The average Bonchev–Trinajstić information content (AvgIpc) is 2.88. The Balaban J connectivity index is 1.99. The van der Waals surface area contributed by atoms with Gasteiger partial charge in [0, 0.05) is 19.6 Å². The molecule has 3 aromatic rings. The Morgan fingerprint density at radius 3 is 1.83 bits per heavy atom. The molecule has 2 N–H and O–H groups in total. The molecule has 2 amide bonds. The highest BCUT2D eigenvalue weighted by Gasteiger charge is 2.33. The summed E-state index contributed by atoms with van der Waals surface area (Å²) in [4.78, 5) is 28.4. The molecule has 0 aliphatic heterocycles. The van der Waals surface area contributed by atoms with Gasteiger partial charge < -0.3 is 15.3 Å². The van der Waals surface area contributed by atoms with E-state index in [1.54, 1.807) is 54.6 Å². The molecule has 1 atom stereocenters. The molecule has 0 aromatic heterocycles. The summed E-state index contributed by atoms with van der Waals surface area (Å²) in [6.07, 6.45) is 1.06. The van der Waals surface area contributed by atoms with Gasteiger partial charge in [-0.15, -0.1) is 0 Å². The lowest BCUT2D eigenvalue weighted by Gasteiger charge is -2.33. The quantitative estimate of drug-likeness (QED) is 0.390. The highest BCUT2D eigenvalue weighted by atomic mass is 32.2. The lowest BCUT2D eigenvalue weighted by Crippen LogP contribution is -2.48. The van der Waals surface area contributed by atoms with E-state index in [9.17, 15) is 23.1 Å². The maximum Gasteiger partial charge on any atom is 0.247 e. The molecule has 0 aliphatic carbocycles. The van der Waals surface area contributed by atoms with Crippen molar-refractivity contribution in [2.75, 3.05) is 26.0 Å². The SMILES string of the molecule is CS(=O)(=O)N(CC(=O)N(Cc1ccccc1)[C@H](C(=O)NCCO)c1ccccc1)Cc1ccccc1. The second-order valence-corrected chi connectivity index (χ2v) is 10.3. The van der Waals surface area contributed by atoms with Crippen LogP contribution in [0.15, 0.2) is 91.0 Å². The fourth-order valence-electron chi connectivity index (χ4n) is 3.81. The minimum absolute atomic E-state index is 0.0251. The molecule has 0 bridgehead atoms. The van der Waals surface area contributed by atoms with Crippen molar-refractivity contribution in [3.63, 3.8) is 0 Å². The summed E-state index contributed by atoms with van der Waals surface area (Å²) >= 11 is 0. The lowest BCUT2D eigenvalue weighted by atomic mass is 10.0. The van der Waals surface area contributed by atoms with Gasteiger partial charge >= 0.3 is 0 Å². The third-order valence-corrected chi connectivity index (χ3v) is 6.78. The van der Waals surface area contributed by atoms with Gasteiger partial charge in [-0.25, -0.2) is 8.42 Å². The van der Waals surface area contributed by atoms with Crippen molar-refractivity contribution in [3.05, 3.63) is 108 Å². The van der Waals surface area contributed by atoms with Crippen LogP contribution in [0.5, 0.6) is 0 Å². The first-order chi connectivity index (χ1) is 17.3. The molecule has 0 aliphatic rings. The van der Waals surface area contributed by atoms with E-state index < -0.39 is 34.4 Å². The van der Waals surface area contributed by atoms with E-state index in [0.717, 1.165) is 21.7 Å². The molecule has 0 radical (unpaired) electrons. The predicted molar refractivity (Wildman–Crippen MR) is 138 cm³/mol. The minimum Gasteiger partial charge on any atom is -0.395 e. The number of amides is 2. The van der Waals surface area contributed by atoms with Gasteiger partial charge in [0.05, 0.1) is 19.4 Å². The second-order valence-electron chi connectivity index (χ2n) is 8.35. The predicted octanol–water partition coefficient (Wildman–Crippen LogP) is 2.33. The maximum atomic E-state index is 13.8.